The standard InChI is InChI=1S/C11H21NO2/c1-4-12(11(13)14-5-2)7-6-10-8-9(10)3/h9-10H,4-8H2,1-3H3. The van der Waals surface area contributed by atoms with Crippen LogP contribution in [0.1, 0.15) is 33.6 Å². The molecule has 0 aromatic heterocycles. The molecule has 0 radical (unpaired) electrons. The minimum absolute atomic E-state index is 0.164. The van der Waals surface area contributed by atoms with Gasteiger partial charge in [-0.2, -0.15) is 0 Å². The highest BCUT2D eigenvalue weighted by Crippen LogP contribution is 2.40. The summed E-state index contributed by atoms with van der Waals surface area (Å²) >= 11 is 0. The number of rotatable bonds is 5. The highest BCUT2D eigenvalue weighted by atomic mass is 16.6. The third-order valence-electron chi connectivity index (χ3n) is 2.95. The third-order valence-corrected chi connectivity index (χ3v) is 2.95. The summed E-state index contributed by atoms with van der Waals surface area (Å²) in [5.41, 5.74) is 0. The monoisotopic (exact) mass is 199 g/mol. The van der Waals surface area contributed by atoms with Gasteiger partial charge in [0.1, 0.15) is 0 Å². The molecule has 1 aliphatic carbocycles. The highest BCUT2D eigenvalue weighted by Gasteiger charge is 2.32. The van der Waals surface area contributed by atoms with Crippen LogP contribution < -0.4 is 0 Å². The van der Waals surface area contributed by atoms with Gasteiger partial charge < -0.3 is 9.64 Å². The first-order valence-corrected chi connectivity index (χ1v) is 5.60. The Hall–Kier alpha value is -0.730. The van der Waals surface area contributed by atoms with Crippen LogP contribution in [0.25, 0.3) is 0 Å². The lowest BCUT2D eigenvalue weighted by Crippen LogP contribution is -2.32. The normalized spacial score (nSPS) is 24.5. The van der Waals surface area contributed by atoms with Crippen LogP contribution in [0, 0.1) is 11.8 Å². The first-order valence-electron chi connectivity index (χ1n) is 5.60. The van der Waals surface area contributed by atoms with E-state index in [1.807, 2.05) is 13.8 Å². The molecule has 0 spiro atoms. The summed E-state index contributed by atoms with van der Waals surface area (Å²) in [6.45, 7) is 8.17. The summed E-state index contributed by atoms with van der Waals surface area (Å²) in [6, 6.07) is 0. The summed E-state index contributed by atoms with van der Waals surface area (Å²) in [4.78, 5) is 13.2. The van der Waals surface area contributed by atoms with Crippen LogP contribution in [0.15, 0.2) is 0 Å². The lowest BCUT2D eigenvalue weighted by atomic mass is 10.2. The van der Waals surface area contributed by atoms with E-state index in [1.165, 1.54) is 6.42 Å². The SMILES string of the molecule is CCOC(=O)N(CC)CCC1CC1C. The molecule has 0 N–H and O–H groups in total. The summed E-state index contributed by atoms with van der Waals surface area (Å²) < 4.78 is 4.96. The van der Waals surface area contributed by atoms with Crippen molar-refractivity contribution in [1.82, 2.24) is 4.90 Å². The second-order valence-corrected chi connectivity index (χ2v) is 4.04. The fourth-order valence-corrected chi connectivity index (χ4v) is 1.72. The quantitative estimate of drug-likeness (QED) is 0.681. The Labute approximate surface area is 86.4 Å². The van der Waals surface area contributed by atoms with Crippen LogP contribution in [0.4, 0.5) is 4.79 Å². The average molecular weight is 199 g/mol. The molecule has 0 heterocycles. The molecule has 1 rings (SSSR count). The molecule has 82 valence electrons. The van der Waals surface area contributed by atoms with Crippen LogP contribution in [-0.4, -0.2) is 30.7 Å². The molecule has 0 saturated heterocycles. The van der Waals surface area contributed by atoms with Gasteiger partial charge in [-0.1, -0.05) is 6.92 Å². The molecule has 0 aliphatic heterocycles. The molecule has 0 aromatic carbocycles. The van der Waals surface area contributed by atoms with Crippen LogP contribution in [0.2, 0.25) is 0 Å². The van der Waals surface area contributed by atoms with E-state index in [2.05, 4.69) is 6.92 Å². The Morgan fingerprint density at radius 3 is 2.57 bits per heavy atom. The van der Waals surface area contributed by atoms with Crippen molar-refractivity contribution in [2.24, 2.45) is 11.8 Å². The van der Waals surface area contributed by atoms with Crippen molar-refractivity contribution < 1.29 is 9.53 Å². The van der Waals surface area contributed by atoms with E-state index in [9.17, 15) is 4.79 Å². The molecular formula is C11H21NO2. The van der Waals surface area contributed by atoms with Crippen LogP contribution >= 0.6 is 0 Å². The molecule has 3 nitrogen and oxygen atoms in total. The lowest BCUT2D eigenvalue weighted by molar-refractivity contribution is 0.108. The topological polar surface area (TPSA) is 29.5 Å². The summed E-state index contributed by atoms with van der Waals surface area (Å²) in [7, 11) is 0. The molecule has 1 aliphatic rings. The summed E-state index contributed by atoms with van der Waals surface area (Å²) in [5.74, 6) is 1.72. The van der Waals surface area contributed by atoms with Gasteiger partial charge in [-0.05, 0) is 38.5 Å². The minimum atomic E-state index is -0.164. The van der Waals surface area contributed by atoms with Crippen molar-refractivity contribution in [1.29, 1.82) is 0 Å². The van der Waals surface area contributed by atoms with E-state index in [-0.39, 0.29) is 6.09 Å². The van der Waals surface area contributed by atoms with E-state index in [0.717, 1.165) is 31.3 Å². The van der Waals surface area contributed by atoms with Gasteiger partial charge in [0.2, 0.25) is 0 Å². The van der Waals surface area contributed by atoms with Gasteiger partial charge in [-0.3, -0.25) is 0 Å². The predicted molar refractivity (Wildman–Crippen MR) is 56.2 cm³/mol. The maximum absolute atomic E-state index is 11.4. The average Bonchev–Trinajstić information content (AvgIpc) is 2.83. The molecule has 3 heteroatoms. The zero-order chi connectivity index (χ0) is 10.6. The van der Waals surface area contributed by atoms with Gasteiger partial charge in [0, 0.05) is 13.1 Å². The molecule has 14 heavy (non-hydrogen) atoms. The number of carbonyl (C=O) groups is 1. The third kappa shape index (κ3) is 3.20. The zero-order valence-electron chi connectivity index (χ0n) is 9.45. The fraction of sp³-hybridized carbons (Fsp3) is 0.909. The van der Waals surface area contributed by atoms with E-state index in [0.29, 0.717) is 6.61 Å². The smallest absolute Gasteiger partial charge is 0.409 e. The van der Waals surface area contributed by atoms with Gasteiger partial charge in [0.05, 0.1) is 6.61 Å². The van der Waals surface area contributed by atoms with Gasteiger partial charge in [0.25, 0.3) is 0 Å². The second kappa shape index (κ2) is 5.23. The van der Waals surface area contributed by atoms with Crippen LogP contribution in [0.5, 0.6) is 0 Å². The number of amides is 1. The predicted octanol–water partition coefficient (Wildman–Crippen LogP) is 2.51. The molecule has 1 amide bonds. The van der Waals surface area contributed by atoms with E-state index in [4.69, 9.17) is 4.74 Å². The number of hydrogen-bond acceptors (Lipinski definition) is 2. The van der Waals surface area contributed by atoms with Gasteiger partial charge >= 0.3 is 6.09 Å². The van der Waals surface area contributed by atoms with Crippen LogP contribution in [0.3, 0.4) is 0 Å². The zero-order valence-corrected chi connectivity index (χ0v) is 9.45. The summed E-state index contributed by atoms with van der Waals surface area (Å²) in [5, 5.41) is 0. The Balaban J connectivity index is 2.20. The first kappa shape index (κ1) is 11.3. The molecule has 1 saturated carbocycles. The molecule has 1 fully saturated rings. The Morgan fingerprint density at radius 2 is 2.14 bits per heavy atom. The number of carbonyl (C=O) groups excluding carboxylic acids is 1. The largest absolute Gasteiger partial charge is 0.450 e. The Kier molecular flexibility index (Phi) is 4.23. The van der Waals surface area contributed by atoms with Crippen molar-refractivity contribution in [3.8, 4) is 0 Å². The number of nitrogens with zero attached hydrogens (tertiary/aromatic N) is 1. The van der Waals surface area contributed by atoms with Gasteiger partial charge in [-0.15, -0.1) is 0 Å². The first-order chi connectivity index (χ1) is 6.69. The maximum Gasteiger partial charge on any atom is 0.409 e. The molecule has 0 aromatic rings. The number of hydrogen-bond donors (Lipinski definition) is 0. The fourth-order valence-electron chi connectivity index (χ4n) is 1.72. The van der Waals surface area contributed by atoms with Crippen LogP contribution in [-0.2, 0) is 4.74 Å². The van der Waals surface area contributed by atoms with Gasteiger partial charge in [-0.25, -0.2) is 4.79 Å². The van der Waals surface area contributed by atoms with Crippen molar-refractivity contribution >= 4 is 6.09 Å². The van der Waals surface area contributed by atoms with Crippen molar-refractivity contribution in [3.63, 3.8) is 0 Å². The van der Waals surface area contributed by atoms with Crippen molar-refractivity contribution in [2.75, 3.05) is 19.7 Å². The minimum Gasteiger partial charge on any atom is -0.450 e. The Bertz CT molecular complexity index is 194. The molecule has 2 atom stereocenters. The van der Waals surface area contributed by atoms with E-state index < -0.39 is 0 Å². The molecule has 0 bridgehead atoms. The molecule has 2 unspecified atom stereocenters. The van der Waals surface area contributed by atoms with Crippen molar-refractivity contribution in [3.05, 3.63) is 0 Å². The van der Waals surface area contributed by atoms with Crippen molar-refractivity contribution in [2.45, 2.75) is 33.6 Å². The van der Waals surface area contributed by atoms with E-state index in [1.54, 1.807) is 4.90 Å². The second-order valence-electron chi connectivity index (χ2n) is 4.04. The van der Waals surface area contributed by atoms with E-state index >= 15 is 0 Å². The lowest BCUT2D eigenvalue weighted by Gasteiger charge is -2.19. The maximum atomic E-state index is 11.4. The molecular weight excluding hydrogens is 178 g/mol. The Morgan fingerprint density at radius 1 is 1.50 bits per heavy atom. The highest BCUT2D eigenvalue weighted by molar-refractivity contribution is 5.67. The number of ether oxygens (including phenoxy) is 1. The van der Waals surface area contributed by atoms with Gasteiger partial charge in [0.15, 0.2) is 0 Å². The summed E-state index contributed by atoms with van der Waals surface area (Å²) in [6.07, 6.45) is 2.30.